The maximum absolute atomic E-state index is 13.3. The summed E-state index contributed by atoms with van der Waals surface area (Å²) in [6.07, 6.45) is 3.77. The van der Waals surface area contributed by atoms with Crippen molar-refractivity contribution in [1.29, 1.82) is 5.26 Å². The Kier molecular flexibility index (Phi) is 4.29. The molecule has 1 atom stereocenters. The molecule has 7 heteroatoms. The highest BCUT2D eigenvalue weighted by Crippen LogP contribution is 2.33. The van der Waals surface area contributed by atoms with Gasteiger partial charge < -0.3 is 4.90 Å². The number of rotatable bonds is 3. The molecule has 0 N–H and O–H groups in total. The molecular weight excluding hydrogens is 348 g/mol. The van der Waals surface area contributed by atoms with Crippen LogP contribution >= 0.6 is 0 Å². The second kappa shape index (κ2) is 6.61. The van der Waals surface area contributed by atoms with Crippen LogP contribution in [0.1, 0.15) is 24.0 Å². The molecular formula is C19H20N4O2S. The monoisotopic (exact) mass is 368 g/mol. The van der Waals surface area contributed by atoms with Crippen LogP contribution in [0, 0.1) is 11.3 Å². The van der Waals surface area contributed by atoms with E-state index in [2.05, 4.69) is 11.1 Å². The Hall–Kier alpha value is -2.59. The van der Waals surface area contributed by atoms with Gasteiger partial charge in [-0.3, -0.25) is 4.31 Å². The fourth-order valence-corrected chi connectivity index (χ4v) is 5.77. The third-order valence-corrected chi connectivity index (χ3v) is 7.37. The summed E-state index contributed by atoms with van der Waals surface area (Å²) in [6, 6.07) is 13.3. The van der Waals surface area contributed by atoms with E-state index in [-0.39, 0.29) is 0 Å². The van der Waals surface area contributed by atoms with Gasteiger partial charge in [0.15, 0.2) is 0 Å². The molecule has 2 aromatic rings. The fourth-order valence-electron chi connectivity index (χ4n) is 3.78. The molecule has 3 heterocycles. The smallest absolute Gasteiger partial charge is 0.239 e. The minimum Gasteiger partial charge on any atom is -0.355 e. The summed E-state index contributed by atoms with van der Waals surface area (Å²) in [5.74, 6) is 0.728. The average molecular weight is 368 g/mol. The third kappa shape index (κ3) is 2.90. The van der Waals surface area contributed by atoms with Gasteiger partial charge in [0.2, 0.25) is 10.0 Å². The Balaban J connectivity index is 1.56. The Morgan fingerprint density at radius 3 is 2.77 bits per heavy atom. The first kappa shape index (κ1) is 16.9. The van der Waals surface area contributed by atoms with Crippen molar-refractivity contribution in [1.82, 2.24) is 4.98 Å². The van der Waals surface area contributed by atoms with E-state index in [4.69, 9.17) is 5.26 Å². The molecule has 26 heavy (non-hydrogen) atoms. The second-order valence-electron chi connectivity index (χ2n) is 6.72. The van der Waals surface area contributed by atoms with Gasteiger partial charge in [0.1, 0.15) is 11.9 Å². The number of para-hydroxylation sites is 1. The molecule has 0 bridgehead atoms. The summed E-state index contributed by atoms with van der Waals surface area (Å²) in [4.78, 5) is 6.33. The number of hydrogen-bond donors (Lipinski definition) is 0. The van der Waals surface area contributed by atoms with Crippen molar-refractivity contribution in [2.75, 3.05) is 28.8 Å². The van der Waals surface area contributed by atoms with E-state index in [0.717, 1.165) is 36.5 Å². The van der Waals surface area contributed by atoms with Crippen molar-refractivity contribution in [3.8, 4) is 6.07 Å². The molecule has 1 saturated heterocycles. The molecule has 2 aliphatic heterocycles. The summed E-state index contributed by atoms with van der Waals surface area (Å²) in [5.41, 5.74) is 2.42. The van der Waals surface area contributed by atoms with Crippen LogP contribution in [0.3, 0.4) is 0 Å². The fraction of sp³-hybridized carbons (Fsp3) is 0.368. The van der Waals surface area contributed by atoms with E-state index in [1.807, 2.05) is 29.2 Å². The first-order valence-corrected chi connectivity index (χ1v) is 10.3. The summed E-state index contributed by atoms with van der Waals surface area (Å²) < 4.78 is 28.1. The zero-order valence-electron chi connectivity index (χ0n) is 14.4. The lowest BCUT2D eigenvalue weighted by Gasteiger charge is -2.35. The summed E-state index contributed by atoms with van der Waals surface area (Å²) in [5, 5.41) is 8.46. The number of nitriles is 1. The first-order valence-electron chi connectivity index (χ1n) is 8.80. The van der Waals surface area contributed by atoms with Gasteiger partial charge in [0.25, 0.3) is 0 Å². The van der Waals surface area contributed by atoms with Gasteiger partial charge in [-0.1, -0.05) is 18.2 Å². The van der Waals surface area contributed by atoms with Gasteiger partial charge in [-0.05, 0) is 43.0 Å². The van der Waals surface area contributed by atoms with Crippen LogP contribution in [0.25, 0.3) is 0 Å². The van der Waals surface area contributed by atoms with Crippen molar-refractivity contribution < 1.29 is 8.42 Å². The van der Waals surface area contributed by atoms with E-state index >= 15 is 0 Å². The van der Waals surface area contributed by atoms with Gasteiger partial charge in [-0.25, -0.2) is 13.4 Å². The van der Waals surface area contributed by atoms with E-state index in [9.17, 15) is 8.42 Å². The summed E-state index contributed by atoms with van der Waals surface area (Å²) in [6.45, 7) is 1.73. The molecule has 1 unspecified atom stereocenters. The lowest BCUT2D eigenvalue weighted by molar-refractivity contribution is 0.527. The molecule has 1 aromatic heterocycles. The quantitative estimate of drug-likeness (QED) is 0.831. The van der Waals surface area contributed by atoms with E-state index < -0.39 is 15.3 Å². The highest BCUT2D eigenvalue weighted by Gasteiger charge is 2.38. The molecule has 0 spiro atoms. The first-order chi connectivity index (χ1) is 12.6. The normalized spacial score (nSPS) is 19.9. The van der Waals surface area contributed by atoms with Gasteiger partial charge in [0.05, 0.1) is 16.5 Å². The van der Waals surface area contributed by atoms with Crippen molar-refractivity contribution in [2.45, 2.75) is 24.5 Å². The molecule has 0 saturated carbocycles. The molecule has 134 valence electrons. The average Bonchev–Trinajstić information content (AvgIpc) is 3.13. The Labute approximate surface area is 153 Å². The molecule has 0 amide bonds. The van der Waals surface area contributed by atoms with Crippen molar-refractivity contribution in [2.24, 2.45) is 0 Å². The number of hydrogen-bond acceptors (Lipinski definition) is 5. The zero-order valence-corrected chi connectivity index (χ0v) is 15.2. The van der Waals surface area contributed by atoms with Gasteiger partial charge >= 0.3 is 0 Å². The third-order valence-electron chi connectivity index (χ3n) is 5.15. The van der Waals surface area contributed by atoms with E-state index in [1.54, 1.807) is 16.4 Å². The maximum atomic E-state index is 13.3. The van der Waals surface area contributed by atoms with Crippen LogP contribution in [-0.2, 0) is 16.4 Å². The molecule has 6 nitrogen and oxygen atoms in total. The zero-order chi connectivity index (χ0) is 18.1. The predicted molar refractivity (Wildman–Crippen MR) is 101 cm³/mol. The number of benzene rings is 1. The van der Waals surface area contributed by atoms with Gasteiger partial charge in [0, 0.05) is 25.8 Å². The minimum atomic E-state index is -3.42. The highest BCUT2D eigenvalue weighted by atomic mass is 32.2. The molecule has 2 aliphatic rings. The van der Waals surface area contributed by atoms with Crippen LogP contribution in [-0.4, -0.2) is 38.3 Å². The number of piperidine rings is 1. The largest absolute Gasteiger partial charge is 0.355 e. The molecule has 4 rings (SSSR count). The summed E-state index contributed by atoms with van der Waals surface area (Å²) in [7, 11) is -3.42. The second-order valence-corrected chi connectivity index (χ2v) is 8.86. The Morgan fingerprint density at radius 1 is 1.15 bits per heavy atom. The Bertz CT molecular complexity index is 950. The lowest BCUT2D eigenvalue weighted by atomic mass is 10.1. The number of pyridine rings is 1. The van der Waals surface area contributed by atoms with Gasteiger partial charge in [-0.15, -0.1) is 0 Å². The van der Waals surface area contributed by atoms with Crippen molar-refractivity contribution in [3.05, 3.63) is 53.7 Å². The number of sulfonamides is 1. The van der Waals surface area contributed by atoms with Crippen molar-refractivity contribution >= 4 is 21.5 Å². The molecule has 0 aliphatic carbocycles. The lowest BCUT2D eigenvalue weighted by Crippen LogP contribution is -2.48. The van der Waals surface area contributed by atoms with Crippen molar-refractivity contribution in [3.63, 3.8) is 0 Å². The SMILES string of the molecule is N#Cc1ccc(N2CCCC(S(=O)(=O)N3CCc4ccccc43)C2)nc1. The predicted octanol–water partition coefficient (Wildman–Crippen LogP) is 2.31. The molecule has 1 aromatic carbocycles. The van der Waals surface area contributed by atoms with Crippen LogP contribution in [0.4, 0.5) is 11.5 Å². The Morgan fingerprint density at radius 2 is 2.00 bits per heavy atom. The van der Waals surface area contributed by atoms with Crippen LogP contribution in [0.2, 0.25) is 0 Å². The van der Waals surface area contributed by atoms with E-state index in [0.29, 0.717) is 25.1 Å². The standard InChI is InChI=1S/C19H20N4O2S/c20-12-15-7-8-19(21-13-15)22-10-3-5-17(14-22)26(24,25)23-11-9-16-4-1-2-6-18(16)23/h1-2,4,6-8,13,17H,3,5,9-11,14H2. The van der Waals surface area contributed by atoms with E-state index in [1.165, 1.54) is 6.20 Å². The topological polar surface area (TPSA) is 77.3 Å². The number of nitrogens with zero attached hydrogens (tertiary/aromatic N) is 4. The molecule has 1 fully saturated rings. The van der Waals surface area contributed by atoms with Crippen LogP contribution in [0.15, 0.2) is 42.6 Å². The maximum Gasteiger partial charge on any atom is 0.239 e. The number of aromatic nitrogens is 1. The molecule has 0 radical (unpaired) electrons. The number of fused-ring (bicyclic) bond motifs is 1. The van der Waals surface area contributed by atoms with Gasteiger partial charge in [-0.2, -0.15) is 5.26 Å². The minimum absolute atomic E-state index is 0.430. The highest BCUT2D eigenvalue weighted by molar-refractivity contribution is 7.93. The summed E-state index contributed by atoms with van der Waals surface area (Å²) >= 11 is 0. The number of anilines is 2. The van der Waals surface area contributed by atoms with Crippen LogP contribution in [0.5, 0.6) is 0 Å². The van der Waals surface area contributed by atoms with Crippen LogP contribution < -0.4 is 9.21 Å².